The second-order valence-electron chi connectivity index (χ2n) is 4.86. The van der Waals surface area contributed by atoms with Crippen LogP contribution in [-0.2, 0) is 4.79 Å². The summed E-state index contributed by atoms with van der Waals surface area (Å²) in [6.45, 7) is 6.33. The van der Waals surface area contributed by atoms with E-state index >= 15 is 0 Å². The van der Waals surface area contributed by atoms with Gasteiger partial charge in [-0.2, -0.15) is 0 Å². The number of aromatic carboxylic acids is 1. The summed E-state index contributed by atoms with van der Waals surface area (Å²) < 4.78 is 0. The number of hydrogen-bond acceptors (Lipinski definition) is 3. The fraction of sp³-hybridized carbons (Fsp3) is 0.429. The third kappa shape index (κ3) is 4.62. The zero-order chi connectivity index (χ0) is 14.4. The van der Waals surface area contributed by atoms with Crippen LogP contribution >= 0.6 is 0 Å². The van der Waals surface area contributed by atoms with Gasteiger partial charge in [0, 0.05) is 12.2 Å². The molecule has 0 saturated heterocycles. The Morgan fingerprint density at radius 2 is 1.84 bits per heavy atom. The molecule has 1 atom stereocenters. The summed E-state index contributed by atoms with van der Waals surface area (Å²) in [5, 5.41) is 14.8. The van der Waals surface area contributed by atoms with Crippen molar-refractivity contribution in [3.05, 3.63) is 29.8 Å². The molecule has 5 nitrogen and oxygen atoms in total. The Balaban J connectivity index is 2.69. The van der Waals surface area contributed by atoms with Gasteiger partial charge in [-0.3, -0.25) is 4.79 Å². The summed E-state index contributed by atoms with van der Waals surface area (Å²) in [4.78, 5) is 22.9. The monoisotopic (exact) mass is 264 g/mol. The molecule has 0 spiro atoms. The summed E-state index contributed by atoms with van der Waals surface area (Å²) >= 11 is 0. The van der Waals surface area contributed by atoms with E-state index in [-0.39, 0.29) is 11.5 Å². The number of rotatable bonds is 6. The number of hydrogen-bond donors (Lipinski definition) is 3. The summed E-state index contributed by atoms with van der Waals surface area (Å²) in [7, 11) is 0. The van der Waals surface area contributed by atoms with Gasteiger partial charge in [-0.05, 0) is 25.0 Å². The lowest BCUT2D eigenvalue weighted by Gasteiger charge is -2.17. The summed E-state index contributed by atoms with van der Waals surface area (Å²) in [6.07, 6.45) is 0. The number of amides is 1. The van der Waals surface area contributed by atoms with Gasteiger partial charge in [0.05, 0.1) is 5.56 Å². The molecule has 104 valence electrons. The van der Waals surface area contributed by atoms with Crippen LogP contribution < -0.4 is 10.6 Å². The highest BCUT2D eigenvalue weighted by atomic mass is 16.4. The van der Waals surface area contributed by atoms with Crippen LogP contribution in [0.2, 0.25) is 0 Å². The van der Waals surface area contributed by atoms with Crippen molar-refractivity contribution in [1.29, 1.82) is 0 Å². The predicted octanol–water partition coefficient (Wildman–Crippen LogP) is 1.96. The first-order valence-corrected chi connectivity index (χ1v) is 6.28. The standard InChI is InChI=1S/C14H20N2O3/c1-9(2)8-15-13(17)10(3)16-12-7-5-4-6-11(12)14(18)19/h4-7,9-10,16H,8H2,1-3H3,(H,15,17)(H,18,19). The molecule has 1 aromatic rings. The van der Waals surface area contributed by atoms with Crippen LogP contribution in [0.4, 0.5) is 5.69 Å². The lowest BCUT2D eigenvalue weighted by Crippen LogP contribution is -2.39. The number of carbonyl (C=O) groups is 2. The Hall–Kier alpha value is -2.04. The van der Waals surface area contributed by atoms with Crippen LogP contribution in [-0.4, -0.2) is 29.6 Å². The molecule has 0 heterocycles. The van der Waals surface area contributed by atoms with Gasteiger partial charge in [-0.1, -0.05) is 26.0 Å². The van der Waals surface area contributed by atoms with E-state index in [1.807, 2.05) is 13.8 Å². The SMILES string of the molecule is CC(C)CNC(=O)C(C)Nc1ccccc1C(=O)O. The van der Waals surface area contributed by atoms with Gasteiger partial charge in [0.25, 0.3) is 0 Å². The van der Waals surface area contributed by atoms with Gasteiger partial charge in [0.2, 0.25) is 5.91 Å². The summed E-state index contributed by atoms with van der Waals surface area (Å²) in [5.74, 6) is -0.783. The quantitative estimate of drug-likeness (QED) is 0.734. The van der Waals surface area contributed by atoms with Crippen LogP contribution in [0.25, 0.3) is 0 Å². The lowest BCUT2D eigenvalue weighted by atomic mass is 10.1. The first-order valence-electron chi connectivity index (χ1n) is 6.28. The molecular formula is C14H20N2O3. The maximum Gasteiger partial charge on any atom is 0.337 e. The van der Waals surface area contributed by atoms with Crippen LogP contribution in [0.3, 0.4) is 0 Å². The van der Waals surface area contributed by atoms with Crippen molar-refractivity contribution >= 4 is 17.6 Å². The molecule has 0 saturated carbocycles. The average Bonchev–Trinajstić information content (AvgIpc) is 2.36. The Labute approximate surface area is 113 Å². The van der Waals surface area contributed by atoms with E-state index in [0.717, 1.165) is 0 Å². The minimum Gasteiger partial charge on any atom is -0.478 e. The van der Waals surface area contributed by atoms with Crippen LogP contribution in [0.1, 0.15) is 31.1 Å². The third-order valence-corrected chi connectivity index (χ3v) is 2.61. The molecule has 5 heteroatoms. The molecule has 0 aliphatic heterocycles. The number of anilines is 1. The third-order valence-electron chi connectivity index (χ3n) is 2.61. The first-order chi connectivity index (χ1) is 8.91. The van der Waals surface area contributed by atoms with E-state index in [0.29, 0.717) is 18.2 Å². The van der Waals surface area contributed by atoms with E-state index in [1.165, 1.54) is 6.07 Å². The molecule has 0 aliphatic rings. The second kappa shape index (κ2) is 6.78. The van der Waals surface area contributed by atoms with E-state index in [2.05, 4.69) is 10.6 Å². The molecule has 0 aromatic heterocycles. The predicted molar refractivity (Wildman–Crippen MR) is 74.3 cm³/mol. The van der Waals surface area contributed by atoms with Gasteiger partial charge in [0.1, 0.15) is 6.04 Å². The van der Waals surface area contributed by atoms with E-state index in [1.54, 1.807) is 25.1 Å². The summed E-state index contributed by atoms with van der Waals surface area (Å²) in [6, 6.07) is 6.05. The zero-order valence-corrected chi connectivity index (χ0v) is 11.4. The van der Waals surface area contributed by atoms with Gasteiger partial charge in [-0.25, -0.2) is 4.79 Å². The highest BCUT2D eigenvalue weighted by molar-refractivity contribution is 5.95. The van der Waals surface area contributed by atoms with Crippen molar-refractivity contribution in [2.75, 3.05) is 11.9 Å². The molecule has 19 heavy (non-hydrogen) atoms. The van der Waals surface area contributed by atoms with Gasteiger partial charge in [-0.15, -0.1) is 0 Å². The van der Waals surface area contributed by atoms with Crippen LogP contribution in [0.15, 0.2) is 24.3 Å². The lowest BCUT2D eigenvalue weighted by molar-refractivity contribution is -0.121. The second-order valence-corrected chi connectivity index (χ2v) is 4.86. The van der Waals surface area contributed by atoms with Crippen molar-refractivity contribution in [1.82, 2.24) is 5.32 Å². The minimum absolute atomic E-state index is 0.145. The first kappa shape index (κ1) is 15.0. The highest BCUT2D eigenvalue weighted by Crippen LogP contribution is 2.15. The topological polar surface area (TPSA) is 78.4 Å². The molecule has 0 bridgehead atoms. The smallest absolute Gasteiger partial charge is 0.337 e. The van der Waals surface area contributed by atoms with Crippen LogP contribution in [0.5, 0.6) is 0 Å². The Morgan fingerprint density at radius 1 is 1.21 bits per heavy atom. The highest BCUT2D eigenvalue weighted by Gasteiger charge is 2.16. The summed E-state index contributed by atoms with van der Waals surface area (Å²) in [5.41, 5.74) is 0.605. The zero-order valence-electron chi connectivity index (χ0n) is 11.4. The maximum absolute atomic E-state index is 11.8. The van der Waals surface area contributed by atoms with E-state index < -0.39 is 12.0 Å². The van der Waals surface area contributed by atoms with E-state index in [9.17, 15) is 9.59 Å². The molecule has 1 amide bonds. The molecule has 0 aliphatic carbocycles. The Bertz CT molecular complexity index is 458. The normalized spacial score (nSPS) is 12.0. The van der Waals surface area contributed by atoms with E-state index in [4.69, 9.17) is 5.11 Å². The molecular weight excluding hydrogens is 244 g/mol. The maximum atomic E-state index is 11.8. The minimum atomic E-state index is -1.02. The van der Waals surface area contributed by atoms with Gasteiger partial charge in [0.15, 0.2) is 0 Å². The van der Waals surface area contributed by atoms with Crippen LogP contribution in [0, 0.1) is 5.92 Å². The molecule has 1 unspecified atom stereocenters. The van der Waals surface area contributed by atoms with Crippen molar-refractivity contribution < 1.29 is 14.7 Å². The van der Waals surface area contributed by atoms with Crippen molar-refractivity contribution in [2.45, 2.75) is 26.8 Å². The molecule has 0 radical (unpaired) electrons. The number of carbonyl (C=O) groups excluding carboxylic acids is 1. The number of benzene rings is 1. The molecule has 1 aromatic carbocycles. The molecule has 3 N–H and O–H groups in total. The van der Waals surface area contributed by atoms with Crippen molar-refractivity contribution in [3.63, 3.8) is 0 Å². The number of carboxylic acids is 1. The van der Waals surface area contributed by atoms with Gasteiger partial charge < -0.3 is 15.7 Å². The number of carboxylic acid groups (broad SMARTS) is 1. The number of para-hydroxylation sites is 1. The van der Waals surface area contributed by atoms with Crippen molar-refractivity contribution in [2.24, 2.45) is 5.92 Å². The Kier molecular flexibility index (Phi) is 5.36. The Morgan fingerprint density at radius 3 is 2.42 bits per heavy atom. The van der Waals surface area contributed by atoms with Gasteiger partial charge >= 0.3 is 5.97 Å². The molecule has 1 rings (SSSR count). The average molecular weight is 264 g/mol. The number of nitrogens with one attached hydrogen (secondary N) is 2. The fourth-order valence-electron chi connectivity index (χ4n) is 1.55. The fourth-order valence-corrected chi connectivity index (χ4v) is 1.55. The largest absolute Gasteiger partial charge is 0.478 e. The van der Waals surface area contributed by atoms with Crippen molar-refractivity contribution in [3.8, 4) is 0 Å². The molecule has 0 fully saturated rings.